The zero-order chi connectivity index (χ0) is 9.52. The van der Waals surface area contributed by atoms with Crippen LogP contribution in [0, 0.1) is 0 Å². The van der Waals surface area contributed by atoms with Gasteiger partial charge < -0.3 is 0 Å². The van der Waals surface area contributed by atoms with Gasteiger partial charge in [-0.3, -0.25) is 0 Å². The average molecular weight is 239 g/mol. The fraction of sp³-hybridized carbons (Fsp3) is 0.333. The van der Waals surface area contributed by atoms with Crippen LogP contribution < -0.4 is 0 Å². The van der Waals surface area contributed by atoms with Gasteiger partial charge in [-0.1, -0.05) is 52.9 Å². The third-order valence-electron chi connectivity index (χ3n) is 2.10. The Kier molecular flexibility index (Phi) is 4.84. The molecule has 0 saturated carbocycles. The van der Waals surface area contributed by atoms with Crippen LogP contribution in [0.4, 0.5) is 0 Å². The molecule has 0 saturated heterocycles. The number of hydrogen-bond acceptors (Lipinski definition) is 0. The number of alkyl halides is 1. The minimum atomic E-state index is 1.10. The van der Waals surface area contributed by atoms with E-state index in [4.69, 9.17) is 0 Å². The fourth-order valence-electron chi connectivity index (χ4n) is 1.37. The topological polar surface area (TPSA) is 0 Å². The fourth-order valence-corrected chi connectivity index (χ4v) is 1.77. The van der Waals surface area contributed by atoms with Crippen molar-refractivity contribution >= 4 is 22.0 Å². The van der Waals surface area contributed by atoms with Crippen LogP contribution in [0.25, 0.3) is 6.08 Å². The van der Waals surface area contributed by atoms with Crippen LogP contribution in [0.15, 0.2) is 30.8 Å². The molecule has 0 heterocycles. The van der Waals surface area contributed by atoms with E-state index in [0.29, 0.717) is 0 Å². The molecule has 70 valence electrons. The minimum absolute atomic E-state index is 1.10. The maximum atomic E-state index is 3.81. The molecule has 1 heteroatoms. The molecule has 0 aromatic heterocycles. The first-order chi connectivity index (χ1) is 6.38. The molecule has 0 nitrogen and oxygen atoms in total. The SMILES string of the molecule is C=Cc1ccccc1CCCCBr. The average Bonchev–Trinajstić information content (AvgIpc) is 2.19. The standard InChI is InChI=1S/C12H15Br/c1-2-11-7-3-4-8-12(11)9-5-6-10-13/h2-4,7-8H,1,5-6,9-10H2. The second-order valence-corrected chi connectivity index (χ2v) is 3.84. The van der Waals surface area contributed by atoms with Crippen molar-refractivity contribution in [1.29, 1.82) is 0 Å². The van der Waals surface area contributed by atoms with Crippen molar-refractivity contribution in [2.75, 3.05) is 5.33 Å². The largest absolute Gasteiger partial charge is 0.0985 e. The summed E-state index contributed by atoms with van der Waals surface area (Å²) in [5.41, 5.74) is 2.69. The van der Waals surface area contributed by atoms with Gasteiger partial charge in [0.25, 0.3) is 0 Å². The summed E-state index contributed by atoms with van der Waals surface area (Å²) < 4.78 is 0. The van der Waals surface area contributed by atoms with E-state index in [2.05, 4.69) is 46.8 Å². The van der Waals surface area contributed by atoms with Crippen molar-refractivity contribution in [1.82, 2.24) is 0 Å². The smallest absolute Gasteiger partial charge is 0.00314 e. The molecule has 0 fully saturated rings. The summed E-state index contributed by atoms with van der Waals surface area (Å²) >= 11 is 3.44. The molecule has 0 N–H and O–H groups in total. The summed E-state index contributed by atoms with van der Waals surface area (Å²) in [5.74, 6) is 0. The second kappa shape index (κ2) is 5.98. The van der Waals surface area contributed by atoms with Gasteiger partial charge in [0.1, 0.15) is 0 Å². The molecule has 0 spiro atoms. The molecule has 0 aliphatic carbocycles. The van der Waals surface area contributed by atoms with Crippen LogP contribution >= 0.6 is 15.9 Å². The molecule has 0 aliphatic rings. The third kappa shape index (κ3) is 3.35. The van der Waals surface area contributed by atoms with Gasteiger partial charge in [-0.2, -0.15) is 0 Å². The molecule has 1 rings (SSSR count). The first kappa shape index (κ1) is 10.5. The molecule has 0 amide bonds. The number of unbranched alkanes of at least 4 members (excludes halogenated alkanes) is 1. The van der Waals surface area contributed by atoms with Gasteiger partial charge in [-0.25, -0.2) is 0 Å². The Morgan fingerprint density at radius 3 is 2.69 bits per heavy atom. The third-order valence-corrected chi connectivity index (χ3v) is 2.67. The van der Waals surface area contributed by atoms with E-state index in [9.17, 15) is 0 Å². The Morgan fingerprint density at radius 2 is 2.00 bits per heavy atom. The summed E-state index contributed by atoms with van der Waals surface area (Å²) in [6.07, 6.45) is 5.58. The van der Waals surface area contributed by atoms with E-state index < -0.39 is 0 Å². The number of aryl methyl sites for hydroxylation is 1. The molecule has 0 radical (unpaired) electrons. The first-order valence-electron chi connectivity index (χ1n) is 4.65. The van der Waals surface area contributed by atoms with Gasteiger partial charge in [-0.05, 0) is 30.4 Å². The number of halogens is 1. The lowest BCUT2D eigenvalue weighted by Gasteiger charge is -2.04. The van der Waals surface area contributed by atoms with Crippen LogP contribution in [0.5, 0.6) is 0 Å². The van der Waals surface area contributed by atoms with E-state index in [0.717, 1.165) is 11.8 Å². The quantitative estimate of drug-likeness (QED) is 0.537. The Hall–Kier alpha value is -0.560. The van der Waals surface area contributed by atoms with Gasteiger partial charge in [0.15, 0.2) is 0 Å². The first-order valence-corrected chi connectivity index (χ1v) is 5.77. The van der Waals surface area contributed by atoms with Gasteiger partial charge >= 0.3 is 0 Å². The lowest BCUT2D eigenvalue weighted by atomic mass is 10.0. The Bertz CT molecular complexity index is 266. The van der Waals surface area contributed by atoms with Crippen LogP contribution in [-0.4, -0.2) is 5.33 Å². The Morgan fingerprint density at radius 1 is 1.23 bits per heavy atom. The van der Waals surface area contributed by atoms with Crippen LogP contribution in [-0.2, 0) is 6.42 Å². The molecule has 1 aromatic carbocycles. The Labute approximate surface area is 88.8 Å². The molecule has 0 bridgehead atoms. The van der Waals surface area contributed by atoms with E-state index in [1.54, 1.807) is 0 Å². The van der Waals surface area contributed by atoms with E-state index in [1.807, 2.05) is 6.08 Å². The van der Waals surface area contributed by atoms with Crippen LogP contribution in [0.3, 0.4) is 0 Å². The molecule has 13 heavy (non-hydrogen) atoms. The molecule has 0 unspecified atom stereocenters. The number of benzene rings is 1. The van der Waals surface area contributed by atoms with Crippen molar-refractivity contribution in [2.45, 2.75) is 19.3 Å². The Balaban J connectivity index is 2.59. The van der Waals surface area contributed by atoms with E-state index in [-0.39, 0.29) is 0 Å². The number of hydrogen-bond donors (Lipinski definition) is 0. The highest BCUT2D eigenvalue weighted by molar-refractivity contribution is 9.09. The highest BCUT2D eigenvalue weighted by Crippen LogP contribution is 2.13. The van der Waals surface area contributed by atoms with Crippen molar-refractivity contribution in [3.63, 3.8) is 0 Å². The summed E-state index contributed by atoms with van der Waals surface area (Å²) in [6.45, 7) is 3.81. The zero-order valence-corrected chi connectivity index (χ0v) is 9.39. The lowest BCUT2D eigenvalue weighted by molar-refractivity contribution is 0.805. The predicted octanol–water partition coefficient (Wildman–Crippen LogP) is 4.05. The van der Waals surface area contributed by atoms with Gasteiger partial charge in [0.2, 0.25) is 0 Å². The summed E-state index contributed by atoms with van der Waals surface area (Å²) in [6, 6.07) is 8.46. The van der Waals surface area contributed by atoms with Gasteiger partial charge in [0, 0.05) is 5.33 Å². The zero-order valence-electron chi connectivity index (χ0n) is 7.80. The lowest BCUT2D eigenvalue weighted by Crippen LogP contribution is -1.89. The normalized spacial score (nSPS) is 9.92. The van der Waals surface area contributed by atoms with Crippen molar-refractivity contribution in [3.05, 3.63) is 42.0 Å². The summed E-state index contributed by atoms with van der Waals surface area (Å²) in [5, 5.41) is 1.10. The van der Waals surface area contributed by atoms with Crippen molar-refractivity contribution < 1.29 is 0 Å². The van der Waals surface area contributed by atoms with Crippen molar-refractivity contribution in [2.24, 2.45) is 0 Å². The van der Waals surface area contributed by atoms with Crippen molar-refractivity contribution in [3.8, 4) is 0 Å². The van der Waals surface area contributed by atoms with Gasteiger partial charge in [0.05, 0.1) is 0 Å². The van der Waals surface area contributed by atoms with Crippen LogP contribution in [0.1, 0.15) is 24.0 Å². The molecule has 0 aliphatic heterocycles. The van der Waals surface area contributed by atoms with Gasteiger partial charge in [-0.15, -0.1) is 0 Å². The van der Waals surface area contributed by atoms with Crippen LogP contribution in [0.2, 0.25) is 0 Å². The maximum absolute atomic E-state index is 3.81. The molecule has 0 atom stereocenters. The predicted molar refractivity (Wildman–Crippen MR) is 63.3 cm³/mol. The molecular weight excluding hydrogens is 224 g/mol. The minimum Gasteiger partial charge on any atom is -0.0985 e. The number of rotatable bonds is 5. The highest BCUT2D eigenvalue weighted by Gasteiger charge is 1.96. The second-order valence-electron chi connectivity index (χ2n) is 3.05. The molecule has 1 aromatic rings. The summed E-state index contributed by atoms with van der Waals surface area (Å²) in [7, 11) is 0. The highest BCUT2D eigenvalue weighted by atomic mass is 79.9. The summed E-state index contributed by atoms with van der Waals surface area (Å²) in [4.78, 5) is 0. The van der Waals surface area contributed by atoms with E-state index in [1.165, 1.54) is 24.0 Å². The maximum Gasteiger partial charge on any atom is 0.00314 e. The monoisotopic (exact) mass is 238 g/mol. The molecular formula is C12H15Br. The van der Waals surface area contributed by atoms with E-state index >= 15 is 0 Å².